The van der Waals surface area contributed by atoms with Gasteiger partial charge in [0.25, 0.3) is 0 Å². The van der Waals surface area contributed by atoms with E-state index < -0.39 is 5.97 Å². The first-order chi connectivity index (χ1) is 10.6. The predicted molar refractivity (Wildman–Crippen MR) is 88.1 cm³/mol. The van der Waals surface area contributed by atoms with Gasteiger partial charge in [-0.05, 0) is 6.42 Å². The van der Waals surface area contributed by atoms with Crippen molar-refractivity contribution in [1.29, 1.82) is 0 Å². The fourth-order valence-electron chi connectivity index (χ4n) is 2.81. The van der Waals surface area contributed by atoms with Crippen LogP contribution in [-0.4, -0.2) is 25.7 Å². The fraction of sp³-hybridized carbons (Fsp3) is 0.765. The van der Waals surface area contributed by atoms with Gasteiger partial charge in [-0.15, -0.1) is 0 Å². The van der Waals surface area contributed by atoms with Gasteiger partial charge in [-0.2, -0.15) is 0 Å². The summed E-state index contributed by atoms with van der Waals surface area (Å²) >= 11 is 0. The van der Waals surface area contributed by atoms with Crippen LogP contribution < -0.4 is 29.6 Å². The van der Waals surface area contributed by atoms with E-state index in [4.69, 9.17) is 5.11 Å². The zero-order valence-electron chi connectivity index (χ0n) is 15.7. The third kappa shape index (κ3) is 10.0. The van der Waals surface area contributed by atoms with E-state index in [1.807, 2.05) is 0 Å². The second-order valence-electron chi connectivity index (χ2n) is 6.03. The molecule has 0 amide bonds. The molecule has 0 saturated heterocycles. The van der Waals surface area contributed by atoms with Gasteiger partial charge >= 0.3 is 35.5 Å². The summed E-state index contributed by atoms with van der Waals surface area (Å²) in [5, 5.41) is 18.7. The van der Waals surface area contributed by atoms with Crippen molar-refractivity contribution >= 4 is 5.97 Å². The number of imidazole rings is 1. The third-order valence-electron chi connectivity index (χ3n) is 4.09. The van der Waals surface area contributed by atoms with Crippen LogP contribution in [-0.2, 0) is 4.79 Å². The number of carbonyl (C=O) groups is 1. The van der Waals surface area contributed by atoms with Crippen LogP contribution in [0.25, 0.3) is 0 Å². The Morgan fingerprint density at radius 1 is 1.17 bits per heavy atom. The molecule has 0 aromatic carbocycles. The number of carboxylic acids is 1. The smallest absolute Gasteiger partial charge is 1.00 e. The second kappa shape index (κ2) is 13.9. The largest absolute Gasteiger partial charge is 1.00 e. The van der Waals surface area contributed by atoms with Crippen LogP contribution >= 0.6 is 0 Å². The summed E-state index contributed by atoms with van der Waals surface area (Å²) in [5.74, 6) is -0.795. The monoisotopic (exact) mass is 334 g/mol. The summed E-state index contributed by atoms with van der Waals surface area (Å²) in [6, 6.07) is -0.204. The van der Waals surface area contributed by atoms with E-state index in [1.54, 1.807) is 4.57 Å². The van der Waals surface area contributed by atoms with Crippen molar-refractivity contribution < 1.29 is 46.0 Å². The average molecular weight is 334 g/mol. The molecule has 1 atom stereocenters. The summed E-state index contributed by atoms with van der Waals surface area (Å²) in [6.45, 7) is 2.23. The minimum absolute atomic E-state index is 0. The molecule has 1 aromatic heterocycles. The summed E-state index contributed by atoms with van der Waals surface area (Å²) in [7, 11) is 0. The van der Waals surface area contributed by atoms with Crippen LogP contribution in [0.15, 0.2) is 12.5 Å². The van der Waals surface area contributed by atoms with E-state index in [1.165, 1.54) is 57.5 Å². The van der Waals surface area contributed by atoms with E-state index in [0.29, 0.717) is 0 Å². The van der Waals surface area contributed by atoms with Crippen LogP contribution in [0.2, 0.25) is 0 Å². The number of carboxylic acid groups (broad SMARTS) is 1. The molecule has 0 radical (unpaired) electrons. The number of aromatic hydroxyl groups is 1. The quantitative estimate of drug-likeness (QED) is 0.425. The molecule has 23 heavy (non-hydrogen) atoms. The zero-order valence-corrected chi connectivity index (χ0v) is 16.7. The first kappa shape index (κ1) is 22.5. The summed E-state index contributed by atoms with van der Waals surface area (Å²) in [4.78, 5) is 14.8. The molecule has 0 aliphatic heterocycles. The van der Waals surface area contributed by atoms with Crippen molar-refractivity contribution in [3.8, 4) is 5.88 Å². The molecular formula is C17H31N2NaO3. The van der Waals surface area contributed by atoms with Crippen LogP contribution in [0.1, 0.15) is 85.0 Å². The summed E-state index contributed by atoms with van der Waals surface area (Å²) in [6.07, 6.45) is 14.9. The normalized spacial score (nSPS) is 11.9. The van der Waals surface area contributed by atoms with Gasteiger partial charge in [-0.25, -0.2) is 4.98 Å². The van der Waals surface area contributed by atoms with Gasteiger partial charge in [-0.1, -0.05) is 64.7 Å². The molecule has 0 spiro atoms. The van der Waals surface area contributed by atoms with Gasteiger partial charge in [0.1, 0.15) is 0 Å². The standard InChI is InChI=1S/C17H30N2O3.Na.H/c1-2-3-4-5-6-7-8-9-10-11-15(12-17(21)22)19-14-18-13-16(19)20;;/h13-15,20H,2-12H2,1H3,(H,21,22);;/q;+1;-1. The topological polar surface area (TPSA) is 75.3 Å². The Hall–Kier alpha value is -0.520. The number of hydrogen-bond donors (Lipinski definition) is 2. The van der Waals surface area contributed by atoms with Gasteiger partial charge in [0.15, 0.2) is 0 Å². The van der Waals surface area contributed by atoms with E-state index in [-0.39, 0.29) is 49.3 Å². The van der Waals surface area contributed by atoms with Crippen LogP contribution in [0.4, 0.5) is 0 Å². The first-order valence-electron chi connectivity index (χ1n) is 8.57. The fourth-order valence-corrected chi connectivity index (χ4v) is 2.81. The second-order valence-corrected chi connectivity index (χ2v) is 6.03. The molecule has 0 bridgehead atoms. The van der Waals surface area contributed by atoms with E-state index in [2.05, 4.69) is 11.9 Å². The Labute approximate surface area is 163 Å². The molecule has 2 N–H and O–H groups in total. The van der Waals surface area contributed by atoms with Crippen molar-refractivity contribution in [3.05, 3.63) is 12.5 Å². The summed E-state index contributed by atoms with van der Waals surface area (Å²) in [5.41, 5.74) is 0. The van der Waals surface area contributed by atoms with Gasteiger partial charge in [0, 0.05) is 6.04 Å². The Morgan fingerprint density at radius 3 is 2.22 bits per heavy atom. The maximum absolute atomic E-state index is 11.0. The number of nitrogens with zero attached hydrogens (tertiary/aromatic N) is 2. The van der Waals surface area contributed by atoms with Crippen molar-refractivity contribution in [3.63, 3.8) is 0 Å². The van der Waals surface area contributed by atoms with Gasteiger partial charge in [-0.3, -0.25) is 9.36 Å². The van der Waals surface area contributed by atoms with Crippen LogP contribution in [0.5, 0.6) is 5.88 Å². The molecule has 0 aliphatic carbocycles. The molecule has 0 aliphatic rings. The molecule has 1 rings (SSSR count). The van der Waals surface area contributed by atoms with Gasteiger partial charge < -0.3 is 11.6 Å². The number of unbranched alkanes of at least 4 members (excludes halogenated alkanes) is 8. The molecular weight excluding hydrogens is 303 g/mol. The molecule has 128 valence electrons. The number of aliphatic carboxylic acids is 1. The van der Waals surface area contributed by atoms with Gasteiger partial charge in [0.05, 0.1) is 18.9 Å². The summed E-state index contributed by atoms with van der Waals surface area (Å²) < 4.78 is 1.57. The number of aromatic nitrogens is 2. The van der Waals surface area contributed by atoms with Crippen LogP contribution in [0, 0.1) is 0 Å². The molecule has 1 unspecified atom stereocenters. The van der Waals surface area contributed by atoms with Gasteiger partial charge in [0.2, 0.25) is 5.88 Å². The zero-order chi connectivity index (χ0) is 16.2. The predicted octanol–water partition coefficient (Wildman–Crippen LogP) is 1.64. The molecule has 1 heterocycles. The Morgan fingerprint density at radius 2 is 1.74 bits per heavy atom. The molecule has 6 heteroatoms. The SMILES string of the molecule is CCCCCCCCCCCC(CC(=O)O)n1cncc1O.[H-].[Na+]. The molecule has 0 fully saturated rings. The minimum atomic E-state index is -0.839. The Bertz CT molecular complexity index is 430. The maximum atomic E-state index is 11.0. The molecule has 0 saturated carbocycles. The van der Waals surface area contributed by atoms with E-state index >= 15 is 0 Å². The van der Waals surface area contributed by atoms with Crippen molar-refractivity contribution in [2.75, 3.05) is 0 Å². The Kier molecular flexibility index (Phi) is 13.6. The van der Waals surface area contributed by atoms with E-state index in [0.717, 1.165) is 19.3 Å². The number of hydrogen-bond acceptors (Lipinski definition) is 3. The molecule has 1 aromatic rings. The molecule has 5 nitrogen and oxygen atoms in total. The average Bonchev–Trinajstić information content (AvgIpc) is 2.90. The maximum Gasteiger partial charge on any atom is 1.00 e. The first-order valence-corrected chi connectivity index (χ1v) is 8.57. The Balaban J connectivity index is 0. The van der Waals surface area contributed by atoms with Crippen molar-refractivity contribution in [2.24, 2.45) is 0 Å². The van der Waals surface area contributed by atoms with Crippen LogP contribution in [0.3, 0.4) is 0 Å². The van der Waals surface area contributed by atoms with Crippen molar-refractivity contribution in [1.82, 2.24) is 9.55 Å². The van der Waals surface area contributed by atoms with Crippen molar-refractivity contribution in [2.45, 2.75) is 83.6 Å². The minimum Gasteiger partial charge on any atom is -1.00 e. The number of rotatable bonds is 13. The van der Waals surface area contributed by atoms with E-state index in [9.17, 15) is 9.90 Å². The third-order valence-corrected chi connectivity index (χ3v) is 4.09.